The van der Waals surface area contributed by atoms with Gasteiger partial charge < -0.3 is 5.32 Å². The molecule has 3 aromatic rings. The van der Waals surface area contributed by atoms with Gasteiger partial charge in [0.2, 0.25) is 0 Å². The van der Waals surface area contributed by atoms with Crippen molar-refractivity contribution in [1.29, 1.82) is 0 Å². The van der Waals surface area contributed by atoms with Gasteiger partial charge in [-0.3, -0.25) is 9.78 Å². The van der Waals surface area contributed by atoms with E-state index in [4.69, 9.17) is 0 Å². The van der Waals surface area contributed by atoms with Gasteiger partial charge >= 0.3 is 0 Å². The maximum Gasteiger partial charge on any atom is 0.253 e. The van der Waals surface area contributed by atoms with Gasteiger partial charge in [-0.1, -0.05) is 40.2 Å². The van der Waals surface area contributed by atoms with Crippen LogP contribution in [-0.2, 0) is 11.3 Å². The summed E-state index contributed by atoms with van der Waals surface area (Å²) in [7, 11) is 0. The lowest BCUT2D eigenvalue weighted by Gasteiger charge is -2.08. The highest BCUT2D eigenvalue weighted by Gasteiger charge is 2.13. The number of nitrogens with one attached hydrogen (secondary N) is 1. The Morgan fingerprint density at radius 3 is 2.62 bits per heavy atom. The number of carbonyl (C=O) groups excluding carboxylic acids is 1. The number of carbonyl (C=O) groups is 1. The molecule has 5 heteroatoms. The standard InChI is InChI=1S/C19H15BrN2OS/c20-15-8-6-14(7-9-15)12-17(18-5-3-11-24-18)19(23)22-13-16-4-1-2-10-21-16/h1-12H,13H2,(H,22,23). The van der Waals surface area contributed by atoms with Gasteiger partial charge in [0.05, 0.1) is 17.8 Å². The van der Waals surface area contributed by atoms with Crippen molar-refractivity contribution in [2.24, 2.45) is 0 Å². The smallest absolute Gasteiger partial charge is 0.253 e. The minimum atomic E-state index is -0.106. The molecule has 0 radical (unpaired) electrons. The van der Waals surface area contributed by atoms with E-state index < -0.39 is 0 Å². The molecule has 3 nitrogen and oxygen atoms in total. The van der Waals surface area contributed by atoms with Crippen LogP contribution in [0.3, 0.4) is 0 Å². The second kappa shape index (κ2) is 8.04. The molecule has 1 amide bonds. The molecule has 0 saturated carbocycles. The van der Waals surface area contributed by atoms with Gasteiger partial charge in [0.15, 0.2) is 0 Å². The van der Waals surface area contributed by atoms with E-state index in [1.54, 1.807) is 17.5 Å². The molecule has 120 valence electrons. The molecule has 0 spiro atoms. The summed E-state index contributed by atoms with van der Waals surface area (Å²) in [4.78, 5) is 17.8. The maximum absolute atomic E-state index is 12.7. The van der Waals surface area contributed by atoms with Gasteiger partial charge in [0.1, 0.15) is 0 Å². The van der Waals surface area contributed by atoms with Crippen molar-refractivity contribution in [3.8, 4) is 0 Å². The van der Waals surface area contributed by atoms with Crippen molar-refractivity contribution < 1.29 is 4.79 Å². The second-order valence-corrected chi connectivity index (χ2v) is 6.95. The third-order valence-electron chi connectivity index (χ3n) is 3.37. The van der Waals surface area contributed by atoms with Gasteiger partial charge in [0, 0.05) is 15.5 Å². The van der Waals surface area contributed by atoms with Crippen molar-refractivity contribution in [2.75, 3.05) is 0 Å². The molecule has 2 aromatic heterocycles. The molecule has 1 aromatic carbocycles. The molecule has 0 aliphatic rings. The van der Waals surface area contributed by atoms with E-state index in [0.717, 1.165) is 20.6 Å². The number of thiophene rings is 1. The van der Waals surface area contributed by atoms with E-state index >= 15 is 0 Å². The summed E-state index contributed by atoms with van der Waals surface area (Å²) in [5.74, 6) is -0.106. The highest BCUT2D eigenvalue weighted by molar-refractivity contribution is 9.10. The number of pyridine rings is 1. The van der Waals surface area contributed by atoms with Crippen LogP contribution in [0.15, 0.2) is 70.6 Å². The molecule has 24 heavy (non-hydrogen) atoms. The summed E-state index contributed by atoms with van der Waals surface area (Å²) in [6.07, 6.45) is 3.63. The fourth-order valence-electron chi connectivity index (χ4n) is 2.17. The summed E-state index contributed by atoms with van der Waals surface area (Å²) in [6.45, 7) is 0.405. The lowest BCUT2D eigenvalue weighted by Crippen LogP contribution is -2.24. The molecular weight excluding hydrogens is 384 g/mol. The van der Waals surface area contributed by atoms with E-state index in [9.17, 15) is 4.79 Å². The van der Waals surface area contributed by atoms with Crippen LogP contribution in [-0.4, -0.2) is 10.9 Å². The van der Waals surface area contributed by atoms with Gasteiger partial charge in [-0.05, 0) is 47.4 Å². The van der Waals surface area contributed by atoms with Crippen molar-refractivity contribution >= 4 is 44.8 Å². The third kappa shape index (κ3) is 4.40. The molecule has 0 saturated heterocycles. The molecule has 3 rings (SSSR count). The predicted molar refractivity (Wildman–Crippen MR) is 102 cm³/mol. The summed E-state index contributed by atoms with van der Waals surface area (Å²) in [5, 5.41) is 4.92. The van der Waals surface area contributed by atoms with Gasteiger partial charge in [0.25, 0.3) is 5.91 Å². The number of amides is 1. The van der Waals surface area contributed by atoms with E-state index in [1.807, 2.05) is 66.1 Å². The van der Waals surface area contributed by atoms with Crippen LogP contribution in [0.5, 0.6) is 0 Å². The van der Waals surface area contributed by atoms with Crippen molar-refractivity contribution in [3.05, 3.63) is 86.8 Å². The Hall–Kier alpha value is -2.24. The van der Waals surface area contributed by atoms with Gasteiger partial charge in [-0.15, -0.1) is 11.3 Å². The zero-order chi connectivity index (χ0) is 16.8. The summed E-state index contributed by atoms with van der Waals surface area (Å²) in [5.41, 5.74) is 2.47. The number of hydrogen-bond acceptors (Lipinski definition) is 3. The van der Waals surface area contributed by atoms with E-state index in [-0.39, 0.29) is 5.91 Å². The molecule has 0 atom stereocenters. The van der Waals surface area contributed by atoms with Gasteiger partial charge in [-0.25, -0.2) is 0 Å². The van der Waals surface area contributed by atoms with Crippen LogP contribution in [0.1, 0.15) is 16.1 Å². The van der Waals surface area contributed by atoms with Crippen LogP contribution in [0, 0.1) is 0 Å². The first-order valence-corrected chi connectivity index (χ1v) is 9.09. The van der Waals surface area contributed by atoms with Crippen molar-refractivity contribution in [1.82, 2.24) is 10.3 Å². The monoisotopic (exact) mass is 398 g/mol. The molecule has 0 aliphatic carbocycles. The molecule has 0 aliphatic heterocycles. The van der Waals surface area contributed by atoms with Gasteiger partial charge in [-0.2, -0.15) is 0 Å². The van der Waals surface area contributed by atoms with E-state index in [1.165, 1.54) is 0 Å². The molecule has 2 heterocycles. The average Bonchev–Trinajstić information content (AvgIpc) is 3.14. The summed E-state index contributed by atoms with van der Waals surface area (Å²) >= 11 is 4.97. The molecule has 1 N–H and O–H groups in total. The summed E-state index contributed by atoms with van der Waals surface area (Å²) < 4.78 is 1.01. The first-order chi connectivity index (χ1) is 11.7. The van der Waals surface area contributed by atoms with Crippen molar-refractivity contribution in [2.45, 2.75) is 6.54 Å². The zero-order valence-electron chi connectivity index (χ0n) is 12.8. The highest BCUT2D eigenvalue weighted by Crippen LogP contribution is 2.24. The van der Waals surface area contributed by atoms with Crippen LogP contribution in [0.4, 0.5) is 0 Å². The Balaban J connectivity index is 1.82. The molecule has 0 bridgehead atoms. The predicted octanol–water partition coefficient (Wildman–Crippen LogP) is 4.76. The van der Waals surface area contributed by atoms with E-state index in [0.29, 0.717) is 12.1 Å². The minimum Gasteiger partial charge on any atom is -0.346 e. The Kier molecular flexibility index (Phi) is 5.56. The fraction of sp³-hybridized carbons (Fsp3) is 0.0526. The lowest BCUT2D eigenvalue weighted by atomic mass is 10.1. The Labute approximate surface area is 153 Å². The first kappa shape index (κ1) is 16.6. The van der Waals surface area contributed by atoms with Crippen LogP contribution < -0.4 is 5.32 Å². The van der Waals surface area contributed by atoms with Crippen LogP contribution >= 0.6 is 27.3 Å². The number of nitrogens with zero attached hydrogens (tertiary/aromatic N) is 1. The number of halogens is 1. The third-order valence-corrected chi connectivity index (χ3v) is 4.80. The molecule has 0 unspecified atom stereocenters. The van der Waals surface area contributed by atoms with Crippen LogP contribution in [0.2, 0.25) is 0 Å². The summed E-state index contributed by atoms with van der Waals surface area (Å²) in [6, 6.07) is 17.4. The van der Waals surface area contributed by atoms with E-state index in [2.05, 4.69) is 26.2 Å². The zero-order valence-corrected chi connectivity index (χ0v) is 15.2. The maximum atomic E-state index is 12.7. The number of hydrogen-bond donors (Lipinski definition) is 1. The Morgan fingerprint density at radius 1 is 1.12 bits per heavy atom. The largest absolute Gasteiger partial charge is 0.346 e. The average molecular weight is 399 g/mol. The highest BCUT2D eigenvalue weighted by atomic mass is 79.9. The minimum absolute atomic E-state index is 0.106. The Bertz CT molecular complexity index is 828. The normalized spacial score (nSPS) is 11.3. The number of rotatable bonds is 5. The van der Waals surface area contributed by atoms with Crippen LogP contribution in [0.25, 0.3) is 11.6 Å². The SMILES string of the molecule is O=C(NCc1ccccn1)C(=Cc1ccc(Br)cc1)c1cccs1. The molecular formula is C19H15BrN2OS. The quantitative estimate of drug-likeness (QED) is 0.629. The topological polar surface area (TPSA) is 42.0 Å². The lowest BCUT2D eigenvalue weighted by molar-refractivity contribution is -0.115. The first-order valence-electron chi connectivity index (χ1n) is 7.41. The molecule has 0 fully saturated rings. The number of benzene rings is 1. The Morgan fingerprint density at radius 2 is 1.96 bits per heavy atom. The fourth-order valence-corrected chi connectivity index (χ4v) is 3.18. The van der Waals surface area contributed by atoms with Crippen molar-refractivity contribution in [3.63, 3.8) is 0 Å². The number of aromatic nitrogens is 1. The second-order valence-electron chi connectivity index (χ2n) is 5.09.